The van der Waals surface area contributed by atoms with Gasteiger partial charge in [0.15, 0.2) is 0 Å². The molecule has 3 nitrogen and oxygen atoms in total. The Labute approximate surface area is 85.5 Å². The predicted octanol–water partition coefficient (Wildman–Crippen LogP) is 2.64. The molecule has 14 heavy (non-hydrogen) atoms. The quantitative estimate of drug-likeness (QED) is 0.676. The maximum Gasteiger partial charge on any atom is 0.292 e. The first kappa shape index (κ1) is 12.3. The highest BCUT2D eigenvalue weighted by molar-refractivity contribution is 5.47. The maximum absolute atomic E-state index is 8.22. The van der Waals surface area contributed by atoms with Crippen LogP contribution in [0.5, 0.6) is 5.75 Å². The lowest BCUT2D eigenvalue weighted by Gasteiger charge is -2.11. The molecule has 0 N–H and O–H groups in total. The van der Waals surface area contributed by atoms with Gasteiger partial charge in [0.2, 0.25) is 0 Å². The number of nitriles is 1. The molecule has 0 spiro atoms. The van der Waals surface area contributed by atoms with E-state index in [0.29, 0.717) is 5.75 Å². The topological polar surface area (TPSA) is 36.3 Å². The van der Waals surface area contributed by atoms with Crippen LogP contribution in [0.3, 0.4) is 0 Å². The molecule has 0 atom stereocenters. The first-order valence-electron chi connectivity index (χ1n) is 4.57. The first-order valence-corrected chi connectivity index (χ1v) is 4.57. The number of benzene rings is 1. The number of nitrogens with zero attached hydrogens (tertiary/aromatic N) is 2. The molecule has 0 saturated carbocycles. The van der Waals surface area contributed by atoms with E-state index < -0.39 is 0 Å². The number of hydrogen-bond acceptors (Lipinski definition) is 3. The summed E-state index contributed by atoms with van der Waals surface area (Å²) < 4.78 is 4.63. The van der Waals surface area contributed by atoms with Crippen molar-refractivity contribution in [3.05, 3.63) is 24.3 Å². The van der Waals surface area contributed by atoms with Gasteiger partial charge in [-0.1, -0.05) is 13.8 Å². The Hall–Kier alpha value is -1.69. The second kappa shape index (κ2) is 6.79. The molecule has 0 bridgehead atoms. The Morgan fingerprint density at radius 3 is 2.00 bits per heavy atom. The van der Waals surface area contributed by atoms with Crippen LogP contribution in [-0.2, 0) is 0 Å². The van der Waals surface area contributed by atoms with Crippen molar-refractivity contribution in [1.29, 1.82) is 5.26 Å². The van der Waals surface area contributed by atoms with Crippen molar-refractivity contribution in [1.82, 2.24) is 0 Å². The third kappa shape index (κ3) is 3.81. The van der Waals surface area contributed by atoms with Crippen molar-refractivity contribution < 1.29 is 4.74 Å². The van der Waals surface area contributed by atoms with Crippen molar-refractivity contribution in [2.45, 2.75) is 13.8 Å². The maximum atomic E-state index is 8.22. The Morgan fingerprint density at radius 1 is 1.14 bits per heavy atom. The monoisotopic (exact) mass is 192 g/mol. The average molecular weight is 192 g/mol. The average Bonchev–Trinajstić information content (AvgIpc) is 2.22. The van der Waals surface area contributed by atoms with Gasteiger partial charge >= 0.3 is 0 Å². The van der Waals surface area contributed by atoms with Crippen LogP contribution < -0.4 is 9.64 Å². The molecule has 0 amide bonds. The van der Waals surface area contributed by atoms with Crippen LogP contribution in [0.25, 0.3) is 0 Å². The minimum Gasteiger partial charge on any atom is -0.388 e. The first-order chi connectivity index (χ1) is 6.74. The zero-order chi connectivity index (χ0) is 11.0. The summed E-state index contributed by atoms with van der Waals surface area (Å²) in [6.45, 7) is 4.00. The summed E-state index contributed by atoms with van der Waals surface area (Å²) in [5.74, 6) is 0.572. The second-order valence-corrected chi connectivity index (χ2v) is 2.58. The molecule has 0 aromatic heterocycles. The molecule has 0 heterocycles. The van der Waals surface area contributed by atoms with Crippen LogP contribution in [0.4, 0.5) is 5.69 Å². The summed E-state index contributed by atoms with van der Waals surface area (Å²) in [6, 6.07) is 7.32. The van der Waals surface area contributed by atoms with Gasteiger partial charge in [-0.05, 0) is 24.3 Å². The fourth-order valence-corrected chi connectivity index (χ4v) is 0.865. The van der Waals surface area contributed by atoms with Crippen LogP contribution in [0.1, 0.15) is 13.8 Å². The van der Waals surface area contributed by atoms with Crippen LogP contribution >= 0.6 is 0 Å². The largest absolute Gasteiger partial charge is 0.388 e. The summed E-state index contributed by atoms with van der Waals surface area (Å²) in [5, 5.41) is 8.22. The van der Waals surface area contributed by atoms with Gasteiger partial charge in [0.05, 0.1) is 0 Å². The third-order valence-electron chi connectivity index (χ3n) is 1.52. The molecule has 1 aromatic rings. The molecule has 1 rings (SSSR count). The lowest BCUT2D eigenvalue weighted by atomic mass is 10.3. The van der Waals surface area contributed by atoms with Crippen molar-refractivity contribution in [3.8, 4) is 12.0 Å². The molecule has 76 valence electrons. The molecule has 0 unspecified atom stereocenters. The summed E-state index contributed by atoms with van der Waals surface area (Å²) in [7, 11) is 3.92. The van der Waals surface area contributed by atoms with Crippen LogP contribution in [0.2, 0.25) is 0 Å². The zero-order valence-electron chi connectivity index (χ0n) is 9.11. The van der Waals surface area contributed by atoms with E-state index >= 15 is 0 Å². The van der Waals surface area contributed by atoms with E-state index in [2.05, 4.69) is 4.74 Å². The van der Waals surface area contributed by atoms with Crippen LogP contribution in [-0.4, -0.2) is 14.1 Å². The lowest BCUT2D eigenvalue weighted by molar-refractivity contribution is 0.507. The van der Waals surface area contributed by atoms with Gasteiger partial charge in [-0.3, -0.25) is 0 Å². The van der Waals surface area contributed by atoms with Crippen molar-refractivity contribution in [2.75, 3.05) is 19.0 Å². The number of ether oxygens (including phenoxy) is 1. The summed E-state index contributed by atoms with van der Waals surface area (Å²) >= 11 is 0. The molecular formula is C11H16N2O. The number of anilines is 1. The van der Waals surface area contributed by atoms with Crippen molar-refractivity contribution >= 4 is 5.69 Å². The van der Waals surface area contributed by atoms with Gasteiger partial charge in [-0.2, -0.15) is 0 Å². The van der Waals surface area contributed by atoms with E-state index in [4.69, 9.17) is 5.26 Å². The molecule has 0 aliphatic carbocycles. The van der Waals surface area contributed by atoms with E-state index in [9.17, 15) is 0 Å². The highest BCUT2D eigenvalue weighted by Crippen LogP contribution is 2.16. The standard InChI is InChI=1S/C9H10N2O.C2H6/c1-11(2)8-3-5-9(6-4-8)12-7-10;1-2/h3-6H,1-2H3;1-2H3. The summed E-state index contributed by atoms with van der Waals surface area (Å²) in [5.41, 5.74) is 1.08. The van der Waals surface area contributed by atoms with Gasteiger partial charge in [0.1, 0.15) is 5.75 Å². The normalized spacial score (nSPS) is 7.93. The lowest BCUT2D eigenvalue weighted by Crippen LogP contribution is -2.07. The molecule has 0 aliphatic heterocycles. The van der Waals surface area contributed by atoms with Crippen LogP contribution in [0.15, 0.2) is 24.3 Å². The zero-order valence-corrected chi connectivity index (χ0v) is 9.11. The molecule has 0 saturated heterocycles. The number of hydrogen-bond donors (Lipinski definition) is 0. The van der Waals surface area contributed by atoms with Gasteiger partial charge in [0.25, 0.3) is 6.26 Å². The Balaban J connectivity index is 0.000000791. The smallest absolute Gasteiger partial charge is 0.292 e. The number of rotatable bonds is 2. The summed E-state index contributed by atoms with van der Waals surface area (Å²) in [6.07, 6.45) is 1.62. The highest BCUT2D eigenvalue weighted by Gasteiger charge is 1.95. The fourth-order valence-electron chi connectivity index (χ4n) is 0.865. The van der Waals surface area contributed by atoms with E-state index in [1.807, 2.05) is 45.0 Å². The third-order valence-corrected chi connectivity index (χ3v) is 1.52. The predicted molar refractivity (Wildman–Crippen MR) is 58.4 cm³/mol. The van der Waals surface area contributed by atoms with Gasteiger partial charge < -0.3 is 9.64 Å². The Bertz CT molecular complexity index is 285. The molecule has 0 radical (unpaired) electrons. The van der Waals surface area contributed by atoms with Crippen molar-refractivity contribution in [3.63, 3.8) is 0 Å². The van der Waals surface area contributed by atoms with E-state index in [0.717, 1.165) is 5.69 Å². The fraction of sp³-hybridized carbons (Fsp3) is 0.364. The molecular weight excluding hydrogens is 176 g/mol. The van der Waals surface area contributed by atoms with Gasteiger partial charge in [-0.15, -0.1) is 5.26 Å². The second-order valence-electron chi connectivity index (χ2n) is 2.58. The van der Waals surface area contributed by atoms with E-state index in [1.165, 1.54) is 0 Å². The van der Waals surface area contributed by atoms with Gasteiger partial charge in [0, 0.05) is 19.8 Å². The molecule has 0 aliphatic rings. The molecule has 3 heteroatoms. The van der Waals surface area contributed by atoms with Crippen LogP contribution in [0, 0.1) is 11.5 Å². The SMILES string of the molecule is CC.CN(C)c1ccc(OC#N)cc1. The van der Waals surface area contributed by atoms with E-state index in [1.54, 1.807) is 18.4 Å². The van der Waals surface area contributed by atoms with Gasteiger partial charge in [-0.25, -0.2) is 0 Å². The Morgan fingerprint density at radius 2 is 1.64 bits per heavy atom. The molecule has 0 fully saturated rings. The Kier molecular flexibility index (Phi) is 5.97. The van der Waals surface area contributed by atoms with Crippen molar-refractivity contribution in [2.24, 2.45) is 0 Å². The minimum absolute atomic E-state index is 0.572. The highest BCUT2D eigenvalue weighted by atomic mass is 16.5. The minimum atomic E-state index is 0.572. The van der Waals surface area contributed by atoms with E-state index in [-0.39, 0.29) is 0 Å². The summed E-state index contributed by atoms with van der Waals surface area (Å²) in [4.78, 5) is 1.98. The molecule has 1 aromatic carbocycles.